The molecule has 0 saturated heterocycles. The van der Waals surface area contributed by atoms with Crippen LogP contribution in [-0.2, 0) is 6.61 Å². The minimum Gasteiger partial charge on any atom is -0.489 e. The van der Waals surface area contributed by atoms with Crippen LogP contribution in [0.3, 0.4) is 0 Å². The number of nitrogens with one attached hydrogen (secondary N) is 1. The fraction of sp³-hybridized carbons (Fsp3) is 0.219. The highest BCUT2D eigenvalue weighted by Crippen LogP contribution is 2.37. The number of nitrogens with zero attached hydrogens (tertiary/aromatic N) is 2. The lowest BCUT2D eigenvalue weighted by Gasteiger charge is -2.22. The Morgan fingerprint density at radius 3 is 2.56 bits per heavy atom. The number of ether oxygens (including phenoxy) is 1. The van der Waals surface area contributed by atoms with Gasteiger partial charge in [0.2, 0.25) is 0 Å². The topological polar surface area (TPSA) is 88.1 Å². The molecule has 0 bridgehead atoms. The SMILES string of the molecule is O=C(O)c1cc(C2CCCCC2)c2[nH]c(-c3ccc(OCc4cc(Cl)ccc4-c4cccnc4)cc3)nc2c1. The zero-order chi connectivity index (χ0) is 26.8. The Hall–Kier alpha value is -4.16. The largest absolute Gasteiger partial charge is 0.489 e. The molecule has 39 heavy (non-hydrogen) atoms. The Balaban J connectivity index is 1.25. The number of carboxylic acid groups (broad SMARTS) is 1. The number of pyridine rings is 1. The highest BCUT2D eigenvalue weighted by molar-refractivity contribution is 6.30. The first-order chi connectivity index (χ1) is 19.0. The van der Waals surface area contributed by atoms with Gasteiger partial charge in [-0.2, -0.15) is 0 Å². The Labute approximate surface area is 231 Å². The van der Waals surface area contributed by atoms with Crippen LogP contribution in [0, 0.1) is 0 Å². The van der Waals surface area contributed by atoms with Crippen LogP contribution < -0.4 is 4.74 Å². The second-order valence-electron chi connectivity index (χ2n) is 10.0. The zero-order valence-electron chi connectivity index (χ0n) is 21.4. The summed E-state index contributed by atoms with van der Waals surface area (Å²) < 4.78 is 6.12. The number of carboxylic acids is 1. The summed E-state index contributed by atoms with van der Waals surface area (Å²) in [7, 11) is 0. The van der Waals surface area contributed by atoms with E-state index in [1.165, 1.54) is 19.3 Å². The van der Waals surface area contributed by atoms with Crippen LogP contribution in [0.5, 0.6) is 5.75 Å². The molecule has 2 aromatic heterocycles. The Morgan fingerprint density at radius 2 is 1.82 bits per heavy atom. The maximum absolute atomic E-state index is 11.8. The van der Waals surface area contributed by atoms with Crippen LogP contribution >= 0.6 is 11.6 Å². The van der Waals surface area contributed by atoms with Crippen molar-refractivity contribution in [3.63, 3.8) is 0 Å². The summed E-state index contributed by atoms with van der Waals surface area (Å²) in [6.07, 6.45) is 9.31. The van der Waals surface area contributed by atoms with Crippen LogP contribution in [0.25, 0.3) is 33.5 Å². The van der Waals surface area contributed by atoms with Gasteiger partial charge in [0.05, 0.1) is 16.6 Å². The predicted molar refractivity (Wildman–Crippen MR) is 153 cm³/mol. The van der Waals surface area contributed by atoms with Gasteiger partial charge in [0, 0.05) is 28.5 Å². The van der Waals surface area contributed by atoms with Gasteiger partial charge < -0.3 is 14.8 Å². The average molecular weight is 538 g/mol. The van der Waals surface area contributed by atoms with Crippen molar-refractivity contribution in [3.8, 4) is 28.3 Å². The van der Waals surface area contributed by atoms with Crippen molar-refractivity contribution in [1.82, 2.24) is 15.0 Å². The monoisotopic (exact) mass is 537 g/mol. The van der Waals surface area contributed by atoms with Gasteiger partial charge in [0.1, 0.15) is 18.2 Å². The molecule has 6 nitrogen and oxygen atoms in total. The Kier molecular flexibility index (Phi) is 7.03. The number of aromatic carboxylic acids is 1. The number of rotatable bonds is 7. The van der Waals surface area contributed by atoms with Gasteiger partial charge in [-0.15, -0.1) is 0 Å². The first-order valence-electron chi connectivity index (χ1n) is 13.2. The Bertz CT molecular complexity index is 1620. The first kappa shape index (κ1) is 25.1. The third-order valence-corrected chi connectivity index (χ3v) is 7.71. The van der Waals surface area contributed by atoms with Crippen LogP contribution in [0.1, 0.15) is 59.5 Å². The molecule has 0 radical (unpaired) electrons. The summed E-state index contributed by atoms with van der Waals surface area (Å²) in [6, 6.07) is 20.9. The van der Waals surface area contributed by atoms with Gasteiger partial charge >= 0.3 is 5.97 Å². The number of halogens is 1. The number of imidazole rings is 1. The fourth-order valence-corrected chi connectivity index (χ4v) is 5.69. The predicted octanol–water partition coefficient (Wildman–Crippen LogP) is 8.27. The van der Waals surface area contributed by atoms with Gasteiger partial charge in [-0.25, -0.2) is 9.78 Å². The number of aromatic nitrogens is 3. The van der Waals surface area contributed by atoms with E-state index in [1.54, 1.807) is 12.3 Å². The smallest absolute Gasteiger partial charge is 0.335 e. The molecule has 0 spiro atoms. The molecule has 1 aliphatic rings. The number of fused-ring (bicyclic) bond motifs is 1. The van der Waals surface area contributed by atoms with Crippen molar-refractivity contribution in [1.29, 1.82) is 0 Å². The number of carbonyl (C=O) groups is 1. The summed E-state index contributed by atoms with van der Waals surface area (Å²) >= 11 is 6.28. The van der Waals surface area contributed by atoms with E-state index < -0.39 is 5.97 Å². The van der Waals surface area contributed by atoms with Crippen LogP contribution in [0.2, 0.25) is 5.02 Å². The molecule has 6 rings (SSSR count). The number of aromatic amines is 1. The average Bonchev–Trinajstić information content (AvgIpc) is 3.41. The van der Waals surface area contributed by atoms with E-state index in [-0.39, 0.29) is 5.56 Å². The molecule has 196 valence electrons. The molecule has 0 amide bonds. The van der Waals surface area contributed by atoms with Crippen molar-refractivity contribution >= 4 is 28.6 Å². The van der Waals surface area contributed by atoms with Crippen molar-refractivity contribution in [2.45, 2.75) is 44.6 Å². The Morgan fingerprint density at radius 1 is 1.00 bits per heavy atom. The molecule has 0 aliphatic heterocycles. The molecular weight excluding hydrogens is 510 g/mol. The quantitative estimate of drug-likeness (QED) is 0.218. The van der Waals surface area contributed by atoms with Gasteiger partial charge in [-0.1, -0.05) is 43.0 Å². The van der Waals surface area contributed by atoms with Crippen LogP contribution in [0.4, 0.5) is 0 Å². The lowest BCUT2D eigenvalue weighted by Crippen LogP contribution is -2.07. The summed E-state index contributed by atoms with van der Waals surface area (Å²) in [6.45, 7) is 0.359. The molecule has 1 fully saturated rings. The number of benzene rings is 3. The minimum atomic E-state index is -0.925. The number of H-pyrrole nitrogens is 1. The second-order valence-corrected chi connectivity index (χ2v) is 10.5. The van der Waals surface area contributed by atoms with Crippen molar-refractivity contribution in [2.24, 2.45) is 0 Å². The third kappa shape index (κ3) is 5.38. The first-order valence-corrected chi connectivity index (χ1v) is 13.6. The van der Waals surface area contributed by atoms with E-state index in [0.717, 1.165) is 51.9 Å². The van der Waals surface area contributed by atoms with Gasteiger partial charge in [-0.05, 0) is 90.0 Å². The van der Waals surface area contributed by atoms with Gasteiger partial charge in [0.25, 0.3) is 0 Å². The van der Waals surface area contributed by atoms with Crippen LogP contribution in [0.15, 0.2) is 79.1 Å². The molecule has 3 aromatic carbocycles. The third-order valence-electron chi connectivity index (χ3n) is 7.48. The summed E-state index contributed by atoms with van der Waals surface area (Å²) in [4.78, 5) is 24.3. The lowest BCUT2D eigenvalue weighted by molar-refractivity contribution is 0.0697. The normalized spacial score (nSPS) is 14.0. The van der Waals surface area contributed by atoms with Gasteiger partial charge in [-0.3, -0.25) is 4.98 Å². The minimum absolute atomic E-state index is 0.288. The highest BCUT2D eigenvalue weighted by atomic mass is 35.5. The zero-order valence-corrected chi connectivity index (χ0v) is 22.1. The summed E-state index contributed by atoms with van der Waals surface area (Å²) in [5.74, 6) is 0.868. The van der Waals surface area contributed by atoms with E-state index in [1.807, 2.05) is 66.9 Å². The highest BCUT2D eigenvalue weighted by Gasteiger charge is 2.22. The van der Waals surface area contributed by atoms with Crippen molar-refractivity contribution in [2.75, 3.05) is 0 Å². The van der Waals surface area contributed by atoms with Crippen molar-refractivity contribution in [3.05, 3.63) is 101 Å². The van der Waals surface area contributed by atoms with E-state index in [2.05, 4.69) is 9.97 Å². The molecule has 5 aromatic rings. The van der Waals surface area contributed by atoms with E-state index in [9.17, 15) is 9.90 Å². The van der Waals surface area contributed by atoms with E-state index in [4.69, 9.17) is 21.3 Å². The molecular formula is C32H28ClN3O3. The molecule has 7 heteroatoms. The molecule has 1 saturated carbocycles. The molecule has 2 N–H and O–H groups in total. The van der Waals surface area contributed by atoms with Crippen molar-refractivity contribution < 1.29 is 14.6 Å². The fourth-order valence-electron chi connectivity index (χ4n) is 5.49. The second kappa shape index (κ2) is 10.9. The van der Waals surface area contributed by atoms with E-state index in [0.29, 0.717) is 28.9 Å². The number of hydrogen-bond donors (Lipinski definition) is 2. The maximum atomic E-state index is 11.8. The standard InChI is InChI=1S/C32H28ClN3O3/c33-25-10-13-27(22-7-4-14-34-18-22)24(15-25)19-39-26-11-8-21(9-12-26)31-35-29-17-23(32(37)38)16-28(30(29)36-31)20-5-2-1-3-6-20/h4,7-18,20H,1-3,5-6,19H2,(H,35,36)(H,37,38). The number of hydrogen-bond acceptors (Lipinski definition) is 4. The maximum Gasteiger partial charge on any atom is 0.335 e. The summed E-state index contributed by atoms with van der Waals surface area (Å²) in [5.41, 5.74) is 6.89. The molecule has 0 unspecified atom stereocenters. The summed E-state index contributed by atoms with van der Waals surface area (Å²) in [5, 5.41) is 10.3. The van der Waals surface area contributed by atoms with E-state index >= 15 is 0 Å². The molecule has 0 atom stereocenters. The molecule has 1 aliphatic carbocycles. The lowest BCUT2D eigenvalue weighted by atomic mass is 9.83. The van der Waals surface area contributed by atoms with Crippen LogP contribution in [-0.4, -0.2) is 26.0 Å². The van der Waals surface area contributed by atoms with Gasteiger partial charge in [0.15, 0.2) is 0 Å². The molecule has 2 heterocycles.